The second kappa shape index (κ2) is 5.78. The van der Waals surface area contributed by atoms with Crippen LogP contribution in [0.2, 0.25) is 0 Å². The van der Waals surface area contributed by atoms with Gasteiger partial charge in [-0.05, 0) is 19.9 Å². The average Bonchev–Trinajstić information content (AvgIpc) is 2.67. The first-order valence-electron chi connectivity index (χ1n) is 5.17. The molecule has 0 saturated heterocycles. The van der Waals surface area contributed by atoms with Gasteiger partial charge < -0.3 is 15.0 Å². The summed E-state index contributed by atoms with van der Waals surface area (Å²) in [5, 5.41) is 12.5. The van der Waals surface area contributed by atoms with Crippen LogP contribution in [0.3, 0.4) is 0 Å². The molecular formula is C10H19N3O. The van der Waals surface area contributed by atoms with Gasteiger partial charge in [-0.2, -0.15) is 0 Å². The number of aryl methyl sites for hydroxylation is 1. The molecule has 0 aromatic carbocycles. The van der Waals surface area contributed by atoms with Gasteiger partial charge >= 0.3 is 0 Å². The Hall–Kier alpha value is -0.870. The number of aliphatic hydroxyl groups is 1. The van der Waals surface area contributed by atoms with E-state index in [4.69, 9.17) is 0 Å². The fourth-order valence-corrected chi connectivity index (χ4v) is 1.47. The number of hydrogen-bond acceptors (Lipinski definition) is 3. The maximum Gasteiger partial charge on any atom is 0.0948 e. The standard InChI is InChI=1S/C10H19N3O/c1-3-5-12-9(7-14)10-6-11-8-13(10)4-2/h6,8-9,12,14H,3-5,7H2,1-2H3. The molecule has 4 nitrogen and oxygen atoms in total. The second-order valence-corrected chi connectivity index (χ2v) is 3.29. The molecule has 0 aliphatic heterocycles. The molecule has 0 aliphatic carbocycles. The predicted molar refractivity (Wildman–Crippen MR) is 56.0 cm³/mol. The normalized spacial score (nSPS) is 13.1. The van der Waals surface area contributed by atoms with Gasteiger partial charge in [0.2, 0.25) is 0 Å². The number of hydrogen-bond donors (Lipinski definition) is 2. The van der Waals surface area contributed by atoms with Gasteiger partial charge in [0.05, 0.1) is 24.7 Å². The molecular weight excluding hydrogens is 178 g/mol. The number of aromatic nitrogens is 2. The van der Waals surface area contributed by atoms with Crippen molar-refractivity contribution in [3.63, 3.8) is 0 Å². The Bertz CT molecular complexity index is 260. The molecule has 1 unspecified atom stereocenters. The monoisotopic (exact) mass is 197 g/mol. The van der Waals surface area contributed by atoms with Crippen LogP contribution >= 0.6 is 0 Å². The Morgan fingerprint density at radius 2 is 2.36 bits per heavy atom. The molecule has 4 heteroatoms. The van der Waals surface area contributed by atoms with Crippen LogP contribution in [-0.4, -0.2) is 27.8 Å². The molecule has 14 heavy (non-hydrogen) atoms. The smallest absolute Gasteiger partial charge is 0.0948 e. The van der Waals surface area contributed by atoms with Crippen LogP contribution in [-0.2, 0) is 6.54 Å². The molecule has 0 radical (unpaired) electrons. The van der Waals surface area contributed by atoms with Gasteiger partial charge in [0, 0.05) is 12.7 Å². The maximum atomic E-state index is 9.24. The summed E-state index contributed by atoms with van der Waals surface area (Å²) < 4.78 is 2.05. The van der Waals surface area contributed by atoms with E-state index in [1.165, 1.54) is 0 Å². The van der Waals surface area contributed by atoms with Gasteiger partial charge in [0.25, 0.3) is 0 Å². The Morgan fingerprint density at radius 1 is 1.57 bits per heavy atom. The summed E-state index contributed by atoms with van der Waals surface area (Å²) in [5.74, 6) is 0. The van der Waals surface area contributed by atoms with E-state index < -0.39 is 0 Å². The zero-order valence-electron chi connectivity index (χ0n) is 8.90. The van der Waals surface area contributed by atoms with E-state index in [1.807, 2.05) is 10.8 Å². The van der Waals surface area contributed by atoms with Gasteiger partial charge in [-0.3, -0.25) is 0 Å². The summed E-state index contributed by atoms with van der Waals surface area (Å²) in [5.41, 5.74) is 1.06. The van der Waals surface area contributed by atoms with E-state index in [0.717, 1.165) is 25.2 Å². The lowest BCUT2D eigenvalue weighted by Gasteiger charge is -2.17. The van der Waals surface area contributed by atoms with Crippen LogP contribution in [0.1, 0.15) is 32.0 Å². The van der Waals surface area contributed by atoms with Crippen molar-refractivity contribution in [3.05, 3.63) is 18.2 Å². The van der Waals surface area contributed by atoms with Crippen molar-refractivity contribution in [3.8, 4) is 0 Å². The largest absolute Gasteiger partial charge is 0.394 e. The van der Waals surface area contributed by atoms with Crippen LogP contribution in [0.25, 0.3) is 0 Å². The van der Waals surface area contributed by atoms with Gasteiger partial charge in [-0.1, -0.05) is 6.92 Å². The summed E-state index contributed by atoms with van der Waals surface area (Å²) in [6.45, 7) is 6.10. The van der Waals surface area contributed by atoms with E-state index in [2.05, 4.69) is 24.1 Å². The minimum atomic E-state index is 0.0115. The molecule has 80 valence electrons. The topological polar surface area (TPSA) is 50.1 Å². The third kappa shape index (κ3) is 2.56. The van der Waals surface area contributed by atoms with Gasteiger partial charge in [-0.25, -0.2) is 4.98 Å². The maximum absolute atomic E-state index is 9.24. The number of imidazole rings is 1. The third-order valence-corrected chi connectivity index (χ3v) is 2.27. The summed E-state index contributed by atoms with van der Waals surface area (Å²) in [6.07, 6.45) is 4.68. The molecule has 1 heterocycles. The van der Waals surface area contributed by atoms with Crippen LogP contribution < -0.4 is 5.32 Å². The van der Waals surface area contributed by atoms with Crippen molar-refractivity contribution >= 4 is 0 Å². The third-order valence-electron chi connectivity index (χ3n) is 2.27. The molecule has 1 aromatic rings. The fourth-order valence-electron chi connectivity index (χ4n) is 1.47. The highest BCUT2D eigenvalue weighted by Gasteiger charge is 2.12. The van der Waals surface area contributed by atoms with Gasteiger partial charge in [0.15, 0.2) is 0 Å². The van der Waals surface area contributed by atoms with Gasteiger partial charge in [0.1, 0.15) is 0 Å². The van der Waals surface area contributed by atoms with Crippen LogP contribution in [0.4, 0.5) is 0 Å². The highest BCUT2D eigenvalue weighted by Crippen LogP contribution is 2.11. The van der Waals surface area contributed by atoms with Crippen molar-refractivity contribution in [2.75, 3.05) is 13.2 Å². The van der Waals surface area contributed by atoms with Crippen LogP contribution in [0.15, 0.2) is 12.5 Å². The molecule has 0 bridgehead atoms. The summed E-state index contributed by atoms with van der Waals surface area (Å²) >= 11 is 0. The first kappa shape index (κ1) is 11.2. The molecule has 0 fully saturated rings. The van der Waals surface area contributed by atoms with Crippen LogP contribution in [0.5, 0.6) is 0 Å². The lowest BCUT2D eigenvalue weighted by atomic mass is 10.2. The molecule has 0 saturated carbocycles. The Balaban J connectivity index is 2.67. The Kier molecular flexibility index (Phi) is 4.62. The minimum absolute atomic E-state index is 0.0115. The lowest BCUT2D eigenvalue weighted by Crippen LogP contribution is -2.27. The SMILES string of the molecule is CCCNC(CO)c1cncn1CC. The summed E-state index contributed by atoms with van der Waals surface area (Å²) in [6, 6.07) is 0.0115. The van der Waals surface area contributed by atoms with Gasteiger partial charge in [-0.15, -0.1) is 0 Å². The molecule has 1 aromatic heterocycles. The predicted octanol–water partition coefficient (Wildman–Crippen LogP) is 0.936. The zero-order valence-corrected chi connectivity index (χ0v) is 8.90. The van der Waals surface area contributed by atoms with Crippen molar-refractivity contribution in [1.29, 1.82) is 0 Å². The second-order valence-electron chi connectivity index (χ2n) is 3.29. The lowest BCUT2D eigenvalue weighted by molar-refractivity contribution is 0.239. The van der Waals surface area contributed by atoms with E-state index in [0.29, 0.717) is 0 Å². The Labute approximate surface area is 85.0 Å². The highest BCUT2D eigenvalue weighted by molar-refractivity contribution is 5.05. The quantitative estimate of drug-likeness (QED) is 0.713. The molecule has 0 spiro atoms. The van der Waals surface area contributed by atoms with Crippen molar-refractivity contribution < 1.29 is 5.11 Å². The number of nitrogens with one attached hydrogen (secondary N) is 1. The molecule has 0 amide bonds. The molecule has 1 atom stereocenters. The first-order chi connectivity index (χ1) is 6.83. The average molecular weight is 197 g/mol. The van der Waals surface area contributed by atoms with E-state index in [1.54, 1.807) is 6.33 Å². The molecule has 2 N–H and O–H groups in total. The zero-order chi connectivity index (χ0) is 10.4. The highest BCUT2D eigenvalue weighted by atomic mass is 16.3. The summed E-state index contributed by atoms with van der Waals surface area (Å²) in [7, 11) is 0. The minimum Gasteiger partial charge on any atom is -0.394 e. The molecule has 1 rings (SSSR count). The number of rotatable bonds is 6. The number of nitrogens with zero attached hydrogens (tertiary/aromatic N) is 2. The molecule has 0 aliphatic rings. The van der Waals surface area contributed by atoms with Crippen molar-refractivity contribution in [1.82, 2.24) is 14.9 Å². The number of aliphatic hydroxyl groups excluding tert-OH is 1. The van der Waals surface area contributed by atoms with E-state index >= 15 is 0 Å². The first-order valence-corrected chi connectivity index (χ1v) is 5.17. The Morgan fingerprint density at radius 3 is 2.93 bits per heavy atom. The van der Waals surface area contributed by atoms with Crippen molar-refractivity contribution in [2.45, 2.75) is 32.9 Å². The summed E-state index contributed by atoms with van der Waals surface area (Å²) in [4.78, 5) is 4.08. The fraction of sp³-hybridized carbons (Fsp3) is 0.700. The van der Waals surface area contributed by atoms with E-state index in [-0.39, 0.29) is 12.6 Å². The van der Waals surface area contributed by atoms with Crippen LogP contribution in [0, 0.1) is 0 Å². The van der Waals surface area contributed by atoms with Crippen molar-refractivity contribution in [2.24, 2.45) is 0 Å². The van der Waals surface area contributed by atoms with E-state index in [9.17, 15) is 5.11 Å².